The molecule has 164 valence electrons. The van der Waals surface area contributed by atoms with E-state index in [0.717, 1.165) is 17.1 Å². The van der Waals surface area contributed by atoms with Crippen LogP contribution in [-0.2, 0) is 14.3 Å². The quantitative estimate of drug-likeness (QED) is 0.426. The highest BCUT2D eigenvalue weighted by Crippen LogP contribution is 2.28. The van der Waals surface area contributed by atoms with Crippen LogP contribution in [0, 0.1) is 6.92 Å². The Morgan fingerprint density at radius 3 is 2.23 bits per heavy atom. The lowest BCUT2D eigenvalue weighted by atomic mass is 10.2. The predicted octanol–water partition coefficient (Wildman–Crippen LogP) is 3.46. The van der Waals surface area contributed by atoms with Gasteiger partial charge in [0.05, 0.1) is 19.0 Å². The average Bonchev–Trinajstić information content (AvgIpc) is 3.22. The highest BCUT2D eigenvalue weighted by atomic mass is 32.2. The molecule has 0 N–H and O–H groups in total. The third-order valence-electron chi connectivity index (χ3n) is 4.77. The van der Waals surface area contributed by atoms with Gasteiger partial charge < -0.3 is 14.4 Å². The van der Waals surface area contributed by atoms with Gasteiger partial charge in [0.2, 0.25) is 5.91 Å². The number of hydrogen-bond donors (Lipinski definition) is 0. The van der Waals surface area contributed by atoms with E-state index in [0.29, 0.717) is 31.5 Å². The maximum Gasteiger partial charge on any atom is 0.233 e. The SMILES string of the molecule is COCCN(CCOC)C(=O)CSc1nnc(-c2ccccc2)n1-c1ccc(C)cc1. The molecule has 0 unspecified atom stereocenters. The fourth-order valence-corrected chi connectivity index (χ4v) is 3.90. The second-order valence-corrected chi connectivity index (χ2v) is 7.94. The van der Waals surface area contributed by atoms with Gasteiger partial charge in [-0.2, -0.15) is 0 Å². The van der Waals surface area contributed by atoms with Crippen LogP contribution in [0.25, 0.3) is 17.1 Å². The molecule has 0 aliphatic carbocycles. The highest BCUT2D eigenvalue weighted by Gasteiger charge is 2.19. The molecule has 3 aromatic rings. The van der Waals surface area contributed by atoms with E-state index in [1.54, 1.807) is 19.1 Å². The number of nitrogens with zero attached hydrogens (tertiary/aromatic N) is 4. The summed E-state index contributed by atoms with van der Waals surface area (Å²) >= 11 is 1.38. The Bertz CT molecular complexity index is 953. The highest BCUT2D eigenvalue weighted by molar-refractivity contribution is 7.99. The van der Waals surface area contributed by atoms with Crippen LogP contribution in [0.3, 0.4) is 0 Å². The molecular weight excluding hydrogens is 412 g/mol. The van der Waals surface area contributed by atoms with E-state index >= 15 is 0 Å². The van der Waals surface area contributed by atoms with Crippen molar-refractivity contribution < 1.29 is 14.3 Å². The van der Waals surface area contributed by atoms with Crippen molar-refractivity contribution in [3.05, 3.63) is 60.2 Å². The minimum atomic E-state index is 0.0128. The van der Waals surface area contributed by atoms with Crippen LogP contribution >= 0.6 is 11.8 Å². The molecule has 2 aromatic carbocycles. The Morgan fingerprint density at radius 1 is 0.968 bits per heavy atom. The molecule has 1 aromatic heterocycles. The zero-order valence-corrected chi connectivity index (χ0v) is 19.0. The lowest BCUT2D eigenvalue weighted by Crippen LogP contribution is -2.37. The third-order valence-corrected chi connectivity index (χ3v) is 5.68. The number of thioether (sulfide) groups is 1. The molecule has 0 fully saturated rings. The molecule has 0 saturated carbocycles. The first-order valence-electron chi connectivity index (χ1n) is 10.1. The summed E-state index contributed by atoms with van der Waals surface area (Å²) in [5.74, 6) is 1.01. The number of amides is 1. The van der Waals surface area contributed by atoms with Crippen LogP contribution in [0.4, 0.5) is 0 Å². The van der Waals surface area contributed by atoms with Gasteiger partial charge in [0.25, 0.3) is 0 Å². The Balaban J connectivity index is 1.84. The molecule has 0 bridgehead atoms. The van der Waals surface area contributed by atoms with Crippen molar-refractivity contribution in [1.82, 2.24) is 19.7 Å². The van der Waals surface area contributed by atoms with Crippen LogP contribution in [-0.4, -0.2) is 71.8 Å². The van der Waals surface area contributed by atoms with Gasteiger partial charge in [-0.05, 0) is 19.1 Å². The zero-order chi connectivity index (χ0) is 22.1. The minimum absolute atomic E-state index is 0.0128. The lowest BCUT2D eigenvalue weighted by molar-refractivity contribution is -0.129. The van der Waals surface area contributed by atoms with Gasteiger partial charge in [0.1, 0.15) is 0 Å². The molecule has 1 amide bonds. The predicted molar refractivity (Wildman–Crippen MR) is 123 cm³/mol. The van der Waals surface area contributed by atoms with Crippen molar-refractivity contribution >= 4 is 17.7 Å². The molecule has 0 saturated heterocycles. The molecule has 0 spiro atoms. The first-order valence-corrected chi connectivity index (χ1v) is 11.1. The Labute approximate surface area is 187 Å². The summed E-state index contributed by atoms with van der Waals surface area (Å²) in [5.41, 5.74) is 3.10. The van der Waals surface area contributed by atoms with E-state index in [9.17, 15) is 4.79 Å². The Hall–Kier alpha value is -2.68. The summed E-state index contributed by atoms with van der Waals surface area (Å²) in [5, 5.41) is 9.51. The molecule has 0 aliphatic heterocycles. The fourth-order valence-electron chi connectivity index (χ4n) is 3.05. The van der Waals surface area contributed by atoms with Gasteiger partial charge in [-0.15, -0.1) is 10.2 Å². The van der Waals surface area contributed by atoms with Gasteiger partial charge in [-0.3, -0.25) is 9.36 Å². The van der Waals surface area contributed by atoms with Crippen LogP contribution in [0.2, 0.25) is 0 Å². The van der Waals surface area contributed by atoms with Crippen molar-refractivity contribution in [2.75, 3.05) is 46.3 Å². The summed E-state index contributed by atoms with van der Waals surface area (Å²) in [6, 6.07) is 18.1. The molecule has 8 heteroatoms. The van der Waals surface area contributed by atoms with Crippen LogP contribution in [0.5, 0.6) is 0 Å². The standard InChI is InChI=1S/C23H28N4O3S/c1-18-9-11-20(12-10-18)27-22(19-7-5-4-6-8-19)24-25-23(27)31-17-21(28)26(13-15-29-2)14-16-30-3/h4-12H,13-17H2,1-3H3. The number of rotatable bonds is 11. The van der Waals surface area contributed by atoms with Crippen LogP contribution in [0.1, 0.15) is 5.56 Å². The lowest BCUT2D eigenvalue weighted by Gasteiger charge is -2.21. The van der Waals surface area contributed by atoms with Gasteiger partial charge in [0.15, 0.2) is 11.0 Å². The number of methoxy groups -OCH3 is 2. The first kappa shape index (κ1) is 23.0. The van der Waals surface area contributed by atoms with E-state index in [1.165, 1.54) is 17.3 Å². The molecule has 0 atom stereocenters. The number of carbonyl (C=O) groups is 1. The van der Waals surface area contributed by atoms with Crippen LogP contribution in [0.15, 0.2) is 59.8 Å². The maximum atomic E-state index is 12.8. The van der Waals surface area contributed by atoms with Gasteiger partial charge in [0, 0.05) is 38.6 Å². The molecular formula is C23H28N4O3S. The van der Waals surface area contributed by atoms with Gasteiger partial charge >= 0.3 is 0 Å². The largest absolute Gasteiger partial charge is 0.383 e. The van der Waals surface area contributed by atoms with Gasteiger partial charge in [-0.1, -0.05) is 59.8 Å². The van der Waals surface area contributed by atoms with Gasteiger partial charge in [-0.25, -0.2) is 0 Å². The van der Waals surface area contributed by atoms with E-state index < -0.39 is 0 Å². The minimum Gasteiger partial charge on any atom is -0.383 e. The molecule has 7 nitrogen and oxygen atoms in total. The topological polar surface area (TPSA) is 69.5 Å². The maximum absolute atomic E-state index is 12.8. The summed E-state index contributed by atoms with van der Waals surface area (Å²) < 4.78 is 12.3. The number of hydrogen-bond acceptors (Lipinski definition) is 6. The Morgan fingerprint density at radius 2 is 1.61 bits per heavy atom. The summed E-state index contributed by atoms with van der Waals surface area (Å²) in [7, 11) is 3.26. The molecule has 31 heavy (non-hydrogen) atoms. The fraction of sp³-hybridized carbons (Fsp3) is 0.348. The number of ether oxygens (including phenoxy) is 2. The second-order valence-electron chi connectivity index (χ2n) is 7.00. The number of benzene rings is 2. The summed E-state index contributed by atoms with van der Waals surface area (Å²) in [6.45, 7) is 4.07. The smallest absolute Gasteiger partial charge is 0.233 e. The first-order chi connectivity index (χ1) is 15.1. The molecule has 1 heterocycles. The second kappa shape index (κ2) is 11.6. The zero-order valence-electron chi connectivity index (χ0n) is 18.2. The van der Waals surface area contributed by atoms with Crippen LogP contribution < -0.4 is 0 Å². The molecule has 0 aliphatic rings. The number of carbonyl (C=O) groups excluding carboxylic acids is 1. The normalized spacial score (nSPS) is 10.9. The monoisotopic (exact) mass is 440 g/mol. The van der Waals surface area contributed by atoms with Crippen molar-refractivity contribution in [3.8, 4) is 17.1 Å². The van der Waals surface area contributed by atoms with E-state index in [-0.39, 0.29) is 11.7 Å². The van der Waals surface area contributed by atoms with E-state index in [4.69, 9.17) is 9.47 Å². The van der Waals surface area contributed by atoms with Crippen molar-refractivity contribution in [2.45, 2.75) is 12.1 Å². The van der Waals surface area contributed by atoms with Crippen molar-refractivity contribution in [2.24, 2.45) is 0 Å². The van der Waals surface area contributed by atoms with Crippen molar-refractivity contribution in [1.29, 1.82) is 0 Å². The summed E-state index contributed by atoms with van der Waals surface area (Å²) in [6.07, 6.45) is 0. The molecule has 3 rings (SSSR count). The third kappa shape index (κ3) is 6.16. The van der Waals surface area contributed by atoms with E-state index in [1.807, 2.05) is 47.0 Å². The Kier molecular flexibility index (Phi) is 8.63. The van der Waals surface area contributed by atoms with E-state index in [2.05, 4.69) is 29.3 Å². The number of aryl methyl sites for hydroxylation is 1. The average molecular weight is 441 g/mol. The van der Waals surface area contributed by atoms with Crippen molar-refractivity contribution in [3.63, 3.8) is 0 Å². The summed E-state index contributed by atoms with van der Waals surface area (Å²) in [4.78, 5) is 14.6. The number of aromatic nitrogens is 3. The molecule has 0 radical (unpaired) electrons.